The normalized spacial score (nSPS) is 11.1. The first kappa shape index (κ1) is 24.2. The van der Waals surface area contributed by atoms with Crippen molar-refractivity contribution in [2.75, 3.05) is 27.4 Å². The van der Waals surface area contributed by atoms with Crippen molar-refractivity contribution in [3.63, 3.8) is 0 Å². The molecule has 9 heteroatoms. The highest BCUT2D eigenvalue weighted by atomic mass is 127. The number of halogens is 1. The van der Waals surface area contributed by atoms with Gasteiger partial charge in [0.2, 0.25) is 0 Å². The number of benzene rings is 1. The molecule has 0 unspecified atom stereocenters. The first-order valence-electron chi connectivity index (χ1n) is 9.20. The van der Waals surface area contributed by atoms with E-state index < -0.39 is 0 Å². The SMILES string of the molecule is CCn1cnnc1CNC(=NC)NCc1ccc(C)cc1OCCCOC.I. The maximum absolute atomic E-state index is 5.93. The number of hydrogen-bond acceptors (Lipinski definition) is 5. The zero-order chi connectivity index (χ0) is 19.5. The second-order valence-electron chi connectivity index (χ2n) is 6.12. The van der Waals surface area contributed by atoms with Crippen molar-refractivity contribution in [2.24, 2.45) is 4.99 Å². The molecule has 1 aromatic heterocycles. The van der Waals surface area contributed by atoms with Gasteiger partial charge in [-0.15, -0.1) is 34.2 Å². The van der Waals surface area contributed by atoms with Crippen LogP contribution in [0.1, 0.15) is 30.3 Å². The first-order chi connectivity index (χ1) is 13.2. The number of guanidine groups is 1. The van der Waals surface area contributed by atoms with E-state index in [0.717, 1.165) is 30.1 Å². The van der Waals surface area contributed by atoms with E-state index in [1.165, 1.54) is 5.56 Å². The predicted molar refractivity (Wildman–Crippen MR) is 121 cm³/mol. The number of aromatic nitrogens is 3. The lowest BCUT2D eigenvalue weighted by Gasteiger charge is -2.15. The molecule has 0 saturated carbocycles. The average Bonchev–Trinajstić information content (AvgIpc) is 3.14. The Morgan fingerprint density at radius 2 is 2.00 bits per heavy atom. The summed E-state index contributed by atoms with van der Waals surface area (Å²) in [5, 5.41) is 14.7. The first-order valence-corrected chi connectivity index (χ1v) is 9.20. The van der Waals surface area contributed by atoms with Gasteiger partial charge in [0, 0.05) is 45.8 Å². The van der Waals surface area contributed by atoms with Gasteiger partial charge in [-0.2, -0.15) is 0 Å². The summed E-state index contributed by atoms with van der Waals surface area (Å²) in [4.78, 5) is 4.27. The standard InChI is InChI=1S/C19H30N6O2.HI/c1-5-25-14-23-24-18(25)13-22-19(20-3)21-12-16-8-7-15(2)11-17(16)27-10-6-9-26-4;/h7-8,11,14H,5-6,9-10,12-13H2,1-4H3,(H2,20,21,22);1H. The second-order valence-corrected chi connectivity index (χ2v) is 6.12. The van der Waals surface area contributed by atoms with Crippen LogP contribution in [0.3, 0.4) is 0 Å². The van der Waals surface area contributed by atoms with E-state index in [9.17, 15) is 0 Å². The zero-order valence-electron chi connectivity index (χ0n) is 17.1. The Kier molecular flexibility index (Phi) is 11.5. The molecule has 0 amide bonds. The van der Waals surface area contributed by atoms with E-state index in [-0.39, 0.29) is 24.0 Å². The molecule has 2 aromatic rings. The van der Waals surface area contributed by atoms with Crippen molar-refractivity contribution in [1.29, 1.82) is 0 Å². The molecule has 1 aromatic carbocycles. The summed E-state index contributed by atoms with van der Waals surface area (Å²) in [7, 11) is 3.45. The van der Waals surface area contributed by atoms with Gasteiger partial charge in [0.05, 0.1) is 13.2 Å². The molecule has 0 fully saturated rings. The van der Waals surface area contributed by atoms with Gasteiger partial charge in [-0.25, -0.2) is 0 Å². The largest absolute Gasteiger partial charge is 0.493 e. The highest BCUT2D eigenvalue weighted by molar-refractivity contribution is 14.0. The van der Waals surface area contributed by atoms with Gasteiger partial charge >= 0.3 is 0 Å². The summed E-state index contributed by atoms with van der Waals surface area (Å²) >= 11 is 0. The highest BCUT2D eigenvalue weighted by Crippen LogP contribution is 2.20. The van der Waals surface area contributed by atoms with E-state index >= 15 is 0 Å². The Morgan fingerprint density at radius 1 is 1.21 bits per heavy atom. The van der Waals surface area contributed by atoms with Crippen LogP contribution >= 0.6 is 24.0 Å². The number of rotatable bonds is 10. The Balaban J connectivity index is 0.00000392. The molecule has 1 heterocycles. The second kappa shape index (κ2) is 13.3. The average molecular weight is 502 g/mol. The highest BCUT2D eigenvalue weighted by Gasteiger charge is 2.07. The van der Waals surface area contributed by atoms with Gasteiger partial charge < -0.3 is 24.7 Å². The molecule has 0 aliphatic carbocycles. The van der Waals surface area contributed by atoms with Crippen LogP contribution in [0.5, 0.6) is 5.75 Å². The fourth-order valence-electron chi connectivity index (χ4n) is 2.57. The van der Waals surface area contributed by atoms with Crippen molar-refractivity contribution in [3.8, 4) is 5.75 Å². The minimum absolute atomic E-state index is 0. The molecule has 2 rings (SSSR count). The lowest BCUT2D eigenvalue weighted by Crippen LogP contribution is -2.37. The number of aliphatic imine (C=N–C) groups is 1. The Bertz CT molecular complexity index is 735. The van der Waals surface area contributed by atoms with E-state index in [4.69, 9.17) is 9.47 Å². The molecule has 8 nitrogen and oxygen atoms in total. The molecule has 0 spiro atoms. The molecule has 28 heavy (non-hydrogen) atoms. The predicted octanol–water partition coefficient (Wildman–Crippen LogP) is 2.50. The maximum atomic E-state index is 5.93. The summed E-state index contributed by atoms with van der Waals surface area (Å²) in [5.41, 5.74) is 2.25. The van der Waals surface area contributed by atoms with Gasteiger partial charge in [-0.1, -0.05) is 12.1 Å². The molecule has 0 atom stereocenters. The summed E-state index contributed by atoms with van der Waals surface area (Å²) in [6.07, 6.45) is 2.59. The van der Waals surface area contributed by atoms with Crippen molar-refractivity contribution < 1.29 is 9.47 Å². The molecular weight excluding hydrogens is 471 g/mol. The maximum Gasteiger partial charge on any atom is 0.191 e. The minimum Gasteiger partial charge on any atom is -0.493 e. The third kappa shape index (κ3) is 7.63. The number of aryl methyl sites for hydroxylation is 2. The number of nitrogens with zero attached hydrogens (tertiary/aromatic N) is 4. The summed E-state index contributed by atoms with van der Waals surface area (Å²) in [6.45, 7) is 7.45. The molecule has 2 N–H and O–H groups in total. The van der Waals surface area contributed by atoms with Crippen LogP contribution in [0.15, 0.2) is 29.5 Å². The fraction of sp³-hybridized carbons (Fsp3) is 0.526. The van der Waals surface area contributed by atoms with Crippen molar-refractivity contribution in [2.45, 2.75) is 39.9 Å². The third-order valence-corrected chi connectivity index (χ3v) is 4.09. The Hall–Kier alpha value is -1.88. The van der Waals surface area contributed by atoms with E-state index in [2.05, 4.69) is 57.9 Å². The van der Waals surface area contributed by atoms with E-state index in [0.29, 0.717) is 32.3 Å². The fourth-order valence-corrected chi connectivity index (χ4v) is 2.57. The van der Waals surface area contributed by atoms with Crippen LogP contribution in [0.25, 0.3) is 0 Å². The van der Waals surface area contributed by atoms with Crippen LogP contribution in [0, 0.1) is 6.92 Å². The number of methoxy groups -OCH3 is 1. The van der Waals surface area contributed by atoms with Crippen LogP contribution < -0.4 is 15.4 Å². The lowest BCUT2D eigenvalue weighted by molar-refractivity contribution is 0.171. The molecule has 0 aliphatic rings. The summed E-state index contributed by atoms with van der Waals surface area (Å²) < 4.78 is 13.0. The minimum atomic E-state index is 0. The van der Waals surface area contributed by atoms with Crippen LogP contribution in [-0.2, 0) is 24.4 Å². The van der Waals surface area contributed by atoms with Crippen molar-refractivity contribution in [1.82, 2.24) is 25.4 Å². The monoisotopic (exact) mass is 502 g/mol. The van der Waals surface area contributed by atoms with Gasteiger partial charge in [0.1, 0.15) is 12.1 Å². The van der Waals surface area contributed by atoms with Gasteiger partial charge in [0.15, 0.2) is 11.8 Å². The van der Waals surface area contributed by atoms with E-state index in [1.54, 1.807) is 20.5 Å². The van der Waals surface area contributed by atoms with Gasteiger partial charge in [-0.05, 0) is 25.5 Å². The van der Waals surface area contributed by atoms with Gasteiger partial charge in [-0.3, -0.25) is 4.99 Å². The van der Waals surface area contributed by atoms with Crippen molar-refractivity contribution in [3.05, 3.63) is 41.5 Å². The van der Waals surface area contributed by atoms with Gasteiger partial charge in [0.25, 0.3) is 0 Å². The summed E-state index contributed by atoms with van der Waals surface area (Å²) in [6, 6.07) is 6.22. The number of ether oxygens (including phenoxy) is 2. The molecule has 0 saturated heterocycles. The molecule has 0 bridgehead atoms. The van der Waals surface area contributed by atoms with Crippen LogP contribution in [0.4, 0.5) is 0 Å². The Morgan fingerprint density at radius 3 is 2.71 bits per heavy atom. The van der Waals surface area contributed by atoms with Crippen molar-refractivity contribution >= 4 is 29.9 Å². The van der Waals surface area contributed by atoms with Crippen LogP contribution in [-0.4, -0.2) is 48.1 Å². The quantitative estimate of drug-likeness (QED) is 0.225. The zero-order valence-corrected chi connectivity index (χ0v) is 19.4. The lowest BCUT2D eigenvalue weighted by atomic mass is 10.1. The Labute approximate surface area is 184 Å². The molecule has 0 aliphatic heterocycles. The third-order valence-electron chi connectivity index (χ3n) is 4.09. The summed E-state index contributed by atoms with van der Waals surface area (Å²) in [5.74, 6) is 2.46. The number of nitrogens with one attached hydrogen (secondary N) is 2. The van der Waals surface area contributed by atoms with E-state index in [1.807, 2.05) is 4.57 Å². The molecule has 0 radical (unpaired) electrons. The smallest absolute Gasteiger partial charge is 0.191 e. The topological polar surface area (TPSA) is 85.6 Å². The number of hydrogen-bond donors (Lipinski definition) is 2. The molecule has 156 valence electrons. The molecular formula is C19H31IN6O2. The van der Waals surface area contributed by atoms with Crippen LogP contribution in [0.2, 0.25) is 0 Å².